The number of carbonyl (C=O) groups is 1. The first-order chi connectivity index (χ1) is 15.0. The van der Waals surface area contributed by atoms with Crippen LogP contribution < -0.4 is 10.6 Å². The Bertz CT molecular complexity index is 1150. The van der Waals surface area contributed by atoms with E-state index in [1.54, 1.807) is 4.68 Å². The van der Waals surface area contributed by atoms with Gasteiger partial charge in [-0.15, -0.1) is 0 Å². The molecular formula is C23H24BrN5O2. The Morgan fingerprint density at radius 2 is 2.03 bits per heavy atom. The summed E-state index contributed by atoms with van der Waals surface area (Å²) in [4.78, 5) is 18.1. The quantitative estimate of drug-likeness (QED) is 0.490. The van der Waals surface area contributed by atoms with Crippen LogP contribution in [-0.4, -0.2) is 32.4 Å². The summed E-state index contributed by atoms with van der Waals surface area (Å²) in [5, 5.41) is 20.1. The van der Waals surface area contributed by atoms with Crippen LogP contribution in [0, 0.1) is 6.92 Å². The lowest BCUT2D eigenvalue weighted by atomic mass is 9.95. The molecule has 0 fully saturated rings. The van der Waals surface area contributed by atoms with Gasteiger partial charge in [-0.05, 0) is 49.6 Å². The van der Waals surface area contributed by atoms with Gasteiger partial charge >= 0.3 is 0 Å². The van der Waals surface area contributed by atoms with E-state index in [0.29, 0.717) is 30.2 Å². The lowest BCUT2D eigenvalue weighted by molar-refractivity contribution is -0.113. The Balaban J connectivity index is 1.77. The maximum atomic E-state index is 13.5. The van der Waals surface area contributed by atoms with Crippen LogP contribution in [0.4, 0.5) is 11.6 Å². The summed E-state index contributed by atoms with van der Waals surface area (Å²) in [5.41, 5.74) is 3.99. The number of rotatable bonds is 6. The summed E-state index contributed by atoms with van der Waals surface area (Å²) >= 11 is 3.54. The Labute approximate surface area is 189 Å². The molecule has 160 valence electrons. The van der Waals surface area contributed by atoms with Gasteiger partial charge in [0.1, 0.15) is 6.04 Å². The molecule has 7 nitrogen and oxygen atoms in total. The van der Waals surface area contributed by atoms with Crippen molar-refractivity contribution in [3.05, 3.63) is 81.2 Å². The molecule has 2 aromatic carbocycles. The van der Waals surface area contributed by atoms with E-state index >= 15 is 0 Å². The first kappa shape index (κ1) is 21.3. The number of aliphatic hydroxyl groups excluding tert-OH is 1. The van der Waals surface area contributed by atoms with Crippen molar-refractivity contribution in [1.29, 1.82) is 0 Å². The zero-order valence-corrected chi connectivity index (χ0v) is 19.0. The van der Waals surface area contributed by atoms with E-state index in [-0.39, 0.29) is 12.5 Å². The van der Waals surface area contributed by atoms with Crippen molar-refractivity contribution in [1.82, 2.24) is 14.8 Å². The van der Waals surface area contributed by atoms with E-state index in [0.717, 1.165) is 27.0 Å². The van der Waals surface area contributed by atoms with Crippen molar-refractivity contribution in [2.45, 2.75) is 32.7 Å². The van der Waals surface area contributed by atoms with Crippen molar-refractivity contribution < 1.29 is 9.90 Å². The maximum Gasteiger partial charge on any atom is 0.255 e. The number of hydrogen-bond donors (Lipinski definition) is 3. The second-order valence-electron chi connectivity index (χ2n) is 7.51. The van der Waals surface area contributed by atoms with E-state index in [1.165, 1.54) is 0 Å². The van der Waals surface area contributed by atoms with Gasteiger partial charge < -0.3 is 15.7 Å². The molecule has 1 aliphatic heterocycles. The number of hydrogen-bond acceptors (Lipinski definition) is 5. The molecule has 2 heterocycles. The second kappa shape index (κ2) is 9.03. The van der Waals surface area contributed by atoms with Crippen molar-refractivity contribution >= 4 is 33.5 Å². The summed E-state index contributed by atoms with van der Waals surface area (Å²) in [6, 6.07) is 15.1. The molecule has 0 bridgehead atoms. The fourth-order valence-corrected chi connectivity index (χ4v) is 4.14. The predicted molar refractivity (Wildman–Crippen MR) is 124 cm³/mol. The number of fused-ring (bicyclic) bond motifs is 1. The summed E-state index contributed by atoms with van der Waals surface area (Å²) < 4.78 is 2.68. The molecule has 1 atom stereocenters. The number of aliphatic hydroxyl groups is 1. The SMILES string of the molecule is CC1=C(C(=O)Nc2ccccc2C)[C@H](c2cccc(Br)c2)n2nc(CCCO)nc2N1. The molecule has 1 aromatic heterocycles. The van der Waals surface area contributed by atoms with Crippen LogP contribution in [0.15, 0.2) is 64.3 Å². The predicted octanol–water partition coefficient (Wildman–Crippen LogP) is 4.20. The van der Waals surface area contributed by atoms with Gasteiger partial charge in [-0.25, -0.2) is 4.68 Å². The lowest BCUT2D eigenvalue weighted by Gasteiger charge is -2.29. The average molecular weight is 482 g/mol. The van der Waals surface area contributed by atoms with Crippen LogP contribution in [0.2, 0.25) is 0 Å². The molecule has 4 rings (SSSR count). The minimum Gasteiger partial charge on any atom is -0.396 e. The van der Waals surface area contributed by atoms with E-state index in [2.05, 4.69) is 36.6 Å². The molecule has 1 amide bonds. The topological polar surface area (TPSA) is 92.1 Å². The molecule has 0 aliphatic carbocycles. The van der Waals surface area contributed by atoms with Crippen LogP contribution in [0.3, 0.4) is 0 Å². The molecular weight excluding hydrogens is 458 g/mol. The van der Waals surface area contributed by atoms with Gasteiger partial charge in [0.25, 0.3) is 5.91 Å². The Morgan fingerprint density at radius 3 is 2.77 bits per heavy atom. The summed E-state index contributed by atoms with van der Waals surface area (Å²) in [7, 11) is 0. The van der Waals surface area contributed by atoms with E-state index in [9.17, 15) is 4.79 Å². The van der Waals surface area contributed by atoms with Crippen LogP contribution in [0.5, 0.6) is 0 Å². The molecule has 0 unspecified atom stereocenters. The Kier molecular flexibility index (Phi) is 6.20. The number of carbonyl (C=O) groups excluding carboxylic acids is 1. The monoisotopic (exact) mass is 481 g/mol. The number of halogens is 1. The van der Waals surface area contributed by atoms with Gasteiger partial charge in [0, 0.05) is 28.9 Å². The highest BCUT2D eigenvalue weighted by atomic mass is 79.9. The van der Waals surface area contributed by atoms with E-state index < -0.39 is 6.04 Å². The maximum absolute atomic E-state index is 13.5. The minimum atomic E-state index is -0.437. The number of para-hydroxylation sites is 1. The van der Waals surface area contributed by atoms with Gasteiger partial charge in [-0.1, -0.05) is 46.3 Å². The molecule has 8 heteroatoms. The van der Waals surface area contributed by atoms with Crippen molar-refractivity contribution in [3.8, 4) is 0 Å². The van der Waals surface area contributed by atoms with E-state index in [4.69, 9.17) is 5.11 Å². The minimum absolute atomic E-state index is 0.0771. The molecule has 0 radical (unpaired) electrons. The van der Waals surface area contributed by atoms with Crippen LogP contribution >= 0.6 is 15.9 Å². The molecule has 31 heavy (non-hydrogen) atoms. The zero-order valence-electron chi connectivity index (χ0n) is 17.4. The second-order valence-corrected chi connectivity index (χ2v) is 8.43. The Morgan fingerprint density at radius 1 is 1.23 bits per heavy atom. The molecule has 3 aromatic rings. The molecule has 1 aliphatic rings. The van der Waals surface area contributed by atoms with Gasteiger partial charge in [0.2, 0.25) is 5.95 Å². The van der Waals surface area contributed by atoms with E-state index in [1.807, 2.05) is 62.4 Å². The normalized spacial score (nSPS) is 15.4. The number of nitrogens with zero attached hydrogens (tertiary/aromatic N) is 3. The summed E-state index contributed by atoms with van der Waals surface area (Å²) in [5.74, 6) is 1.02. The summed E-state index contributed by atoms with van der Waals surface area (Å²) in [6.45, 7) is 3.92. The van der Waals surface area contributed by atoms with Crippen molar-refractivity contribution in [2.24, 2.45) is 0 Å². The third-order valence-corrected chi connectivity index (χ3v) is 5.75. The van der Waals surface area contributed by atoms with Crippen LogP contribution in [-0.2, 0) is 11.2 Å². The van der Waals surface area contributed by atoms with Crippen molar-refractivity contribution in [3.63, 3.8) is 0 Å². The molecule has 3 N–H and O–H groups in total. The smallest absolute Gasteiger partial charge is 0.255 e. The highest BCUT2D eigenvalue weighted by Crippen LogP contribution is 2.36. The number of allylic oxidation sites excluding steroid dienone is 1. The molecule has 0 saturated carbocycles. The number of anilines is 2. The van der Waals surface area contributed by atoms with Crippen LogP contribution in [0.1, 0.15) is 36.3 Å². The van der Waals surface area contributed by atoms with Gasteiger partial charge in [-0.2, -0.15) is 10.1 Å². The molecule has 0 saturated heterocycles. The zero-order chi connectivity index (χ0) is 22.0. The highest BCUT2D eigenvalue weighted by molar-refractivity contribution is 9.10. The lowest BCUT2D eigenvalue weighted by Crippen LogP contribution is -2.31. The number of nitrogens with one attached hydrogen (secondary N) is 2. The fraction of sp³-hybridized carbons (Fsp3) is 0.261. The first-order valence-corrected chi connectivity index (χ1v) is 10.9. The van der Waals surface area contributed by atoms with Crippen molar-refractivity contribution in [2.75, 3.05) is 17.2 Å². The third kappa shape index (κ3) is 4.40. The summed E-state index contributed by atoms with van der Waals surface area (Å²) in [6.07, 6.45) is 1.14. The number of aryl methyl sites for hydroxylation is 2. The van der Waals surface area contributed by atoms with Gasteiger partial charge in [-0.3, -0.25) is 4.79 Å². The average Bonchev–Trinajstić information content (AvgIpc) is 3.15. The Hall–Kier alpha value is -2.97. The third-order valence-electron chi connectivity index (χ3n) is 5.26. The number of benzene rings is 2. The standard InChI is InChI=1S/C23H24BrN5O2/c1-14-7-3-4-10-18(14)26-22(31)20-15(2)25-23-27-19(11-6-12-30)28-29(23)21(20)16-8-5-9-17(24)13-16/h3-5,7-10,13,21,30H,6,11-12H2,1-2H3,(H,26,31)(H,25,27,28)/t21-/m0/s1. The van der Waals surface area contributed by atoms with Gasteiger partial charge in [0.05, 0.1) is 5.57 Å². The highest BCUT2D eigenvalue weighted by Gasteiger charge is 2.34. The fourth-order valence-electron chi connectivity index (χ4n) is 3.72. The molecule has 0 spiro atoms. The first-order valence-electron chi connectivity index (χ1n) is 10.1. The number of aromatic nitrogens is 3. The van der Waals surface area contributed by atoms with Gasteiger partial charge in [0.15, 0.2) is 5.82 Å². The van der Waals surface area contributed by atoms with Crippen LogP contribution in [0.25, 0.3) is 0 Å². The number of amides is 1. The largest absolute Gasteiger partial charge is 0.396 e.